The Labute approximate surface area is 162 Å². The standard InChI is InChI=1S/C16H15Br2FN2O3S/c17-13-8-12(19)9-14(18)16(13)25(23,24)21-10-15(22)20-7-6-11-4-2-1-3-5-11/h1-5,8-9,21H,6-7,10H2,(H,20,22). The highest BCUT2D eigenvalue weighted by molar-refractivity contribution is 9.11. The number of hydrogen-bond acceptors (Lipinski definition) is 3. The molecule has 0 aliphatic carbocycles. The average molecular weight is 494 g/mol. The molecule has 0 unspecified atom stereocenters. The molecule has 0 spiro atoms. The van der Waals surface area contributed by atoms with Crippen LogP contribution in [0.3, 0.4) is 0 Å². The number of benzene rings is 2. The van der Waals surface area contributed by atoms with Crippen molar-refractivity contribution in [1.82, 2.24) is 10.0 Å². The quantitative estimate of drug-likeness (QED) is 0.622. The smallest absolute Gasteiger partial charge is 0.243 e. The maximum absolute atomic E-state index is 13.3. The predicted octanol–water partition coefficient (Wildman–Crippen LogP) is 2.99. The molecule has 0 aromatic heterocycles. The van der Waals surface area contributed by atoms with Crippen LogP contribution < -0.4 is 10.0 Å². The van der Waals surface area contributed by atoms with Gasteiger partial charge in [-0.25, -0.2) is 17.5 Å². The van der Waals surface area contributed by atoms with E-state index in [9.17, 15) is 17.6 Å². The van der Waals surface area contributed by atoms with Gasteiger partial charge in [-0.1, -0.05) is 30.3 Å². The van der Waals surface area contributed by atoms with E-state index in [2.05, 4.69) is 41.9 Å². The Hall–Kier alpha value is -1.29. The molecule has 5 nitrogen and oxygen atoms in total. The van der Waals surface area contributed by atoms with Crippen LogP contribution in [0.4, 0.5) is 4.39 Å². The molecule has 9 heteroatoms. The van der Waals surface area contributed by atoms with E-state index in [-0.39, 0.29) is 13.8 Å². The number of nitrogens with one attached hydrogen (secondary N) is 2. The van der Waals surface area contributed by atoms with Crippen LogP contribution in [0.15, 0.2) is 56.3 Å². The minimum absolute atomic E-state index is 0.0661. The third-order valence-corrected chi connectivity index (χ3v) is 6.51. The van der Waals surface area contributed by atoms with Crippen molar-refractivity contribution in [2.75, 3.05) is 13.1 Å². The van der Waals surface area contributed by atoms with Gasteiger partial charge in [0.15, 0.2) is 0 Å². The van der Waals surface area contributed by atoms with Crippen molar-refractivity contribution < 1.29 is 17.6 Å². The Morgan fingerprint density at radius 3 is 2.28 bits per heavy atom. The minimum atomic E-state index is -3.98. The lowest BCUT2D eigenvalue weighted by Gasteiger charge is -2.11. The topological polar surface area (TPSA) is 75.3 Å². The van der Waals surface area contributed by atoms with Crippen LogP contribution in [0.2, 0.25) is 0 Å². The molecule has 2 aromatic rings. The van der Waals surface area contributed by atoms with Crippen LogP contribution in [-0.2, 0) is 21.2 Å². The van der Waals surface area contributed by atoms with Gasteiger partial charge in [-0.15, -0.1) is 0 Å². The Morgan fingerprint density at radius 2 is 1.68 bits per heavy atom. The Kier molecular flexibility index (Phi) is 7.12. The number of rotatable bonds is 7. The largest absolute Gasteiger partial charge is 0.355 e. The van der Waals surface area contributed by atoms with Gasteiger partial charge in [-0.2, -0.15) is 0 Å². The van der Waals surface area contributed by atoms with E-state index in [4.69, 9.17) is 0 Å². The van der Waals surface area contributed by atoms with Crippen molar-refractivity contribution in [2.24, 2.45) is 0 Å². The molecule has 25 heavy (non-hydrogen) atoms. The second-order valence-corrected chi connectivity index (χ2v) is 8.52. The summed E-state index contributed by atoms with van der Waals surface area (Å²) < 4.78 is 40.2. The van der Waals surface area contributed by atoms with Crippen molar-refractivity contribution in [2.45, 2.75) is 11.3 Å². The Bertz CT molecular complexity index is 838. The van der Waals surface area contributed by atoms with Crippen LogP contribution in [0.25, 0.3) is 0 Å². The molecular formula is C16H15Br2FN2O3S. The summed E-state index contributed by atoms with van der Waals surface area (Å²) in [6, 6.07) is 11.7. The Morgan fingerprint density at radius 1 is 1.08 bits per heavy atom. The van der Waals surface area contributed by atoms with E-state index in [1.54, 1.807) is 0 Å². The summed E-state index contributed by atoms with van der Waals surface area (Å²) in [6.45, 7) is -0.0120. The molecule has 0 fully saturated rings. The molecule has 0 atom stereocenters. The van der Waals surface area contributed by atoms with Crippen LogP contribution in [0.5, 0.6) is 0 Å². The number of carbonyl (C=O) groups excluding carboxylic acids is 1. The average Bonchev–Trinajstić information content (AvgIpc) is 2.53. The summed E-state index contributed by atoms with van der Waals surface area (Å²) in [5, 5.41) is 2.64. The van der Waals surface area contributed by atoms with Crippen LogP contribution in [-0.4, -0.2) is 27.4 Å². The zero-order chi connectivity index (χ0) is 18.4. The van der Waals surface area contributed by atoms with E-state index < -0.39 is 28.3 Å². The summed E-state index contributed by atoms with van der Waals surface area (Å²) in [4.78, 5) is 11.7. The fourth-order valence-corrected chi connectivity index (χ4v) is 5.58. The Balaban J connectivity index is 1.90. The molecule has 0 radical (unpaired) electrons. The van der Waals surface area contributed by atoms with E-state index in [1.165, 1.54) is 0 Å². The molecule has 0 bridgehead atoms. The van der Waals surface area contributed by atoms with Gasteiger partial charge in [-0.05, 0) is 56.0 Å². The van der Waals surface area contributed by atoms with E-state index in [0.717, 1.165) is 17.7 Å². The lowest BCUT2D eigenvalue weighted by Crippen LogP contribution is -2.37. The lowest BCUT2D eigenvalue weighted by molar-refractivity contribution is -0.119. The normalized spacial score (nSPS) is 11.3. The maximum atomic E-state index is 13.3. The first kappa shape index (κ1) is 20.0. The van der Waals surface area contributed by atoms with Gasteiger partial charge in [0.2, 0.25) is 15.9 Å². The van der Waals surface area contributed by atoms with Crippen molar-refractivity contribution >= 4 is 47.8 Å². The van der Waals surface area contributed by atoms with Gasteiger partial charge >= 0.3 is 0 Å². The van der Waals surface area contributed by atoms with E-state index in [1.807, 2.05) is 30.3 Å². The zero-order valence-electron chi connectivity index (χ0n) is 12.9. The first-order valence-electron chi connectivity index (χ1n) is 7.24. The molecule has 0 heterocycles. The molecule has 1 amide bonds. The number of sulfonamides is 1. The minimum Gasteiger partial charge on any atom is -0.355 e. The molecule has 0 aliphatic rings. The van der Waals surface area contributed by atoms with Crippen molar-refractivity contribution in [1.29, 1.82) is 0 Å². The summed E-state index contributed by atoms with van der Waals surface area (Å²) in [6.07, 6.45) is 0.647. The van der Waals surface area contributed by atoms with Crippen LogP contribution in [0, 0.1) is 5.82 Å². The fraction of sp³-hybridized carbons (Fsp3) is 0.188. The van der Waals surface area contributed by atoms with Gasteiger partial charge in [0, 0.05) is 15.5 Å². The number of amides is 1. The van der Waals surface area contributed by atoms with Gasteiger partial charge in [-0.3, -0.25) is 4.79 Å². The highest BCUT2D eigenvalue weighted by atomic mass is 79.9. The maximum Gasteiger partial charge on any atom is 0.243 e. The van der Waals surface area contributed by atoms with Crippen molar-refractivity contribution in [3.63, 3.8) is 0 Å². The molecule has 2 aromatic carbocycles. The highest BCUT2D eigenvalue weighted by Crippen LogP contribution is 2.30. The van der Waals surface area contributed by atoms with Crippen LogP contribution >= 0.6 is 31.9 Å². The second kappa shape index (κ2) is 8.88. The molecule has 2 N–H and O–H groups in total. The van der Waals surface area contributed by atoms with E-state index in [0.29, 0.717) is 13.0 Å². The SMILES string of the molecule is O=C(CNS(=O)(=O)c1c(Br)cc(F)cc1Br)NCCc1ccccc1. The summed E-state index contributed by atoms with van der Waals surface area (Å²) in [5.74, 6) is -1.04. The highest BCUT2D eigenvalue weighted by Gasteiger charge is 2.22. The fourth-order valence-electron chi connectivity index (χ4n) is 2.07. The molecular weight excluding hydrogens is 479 g/mol. The first-order valence-corrected chi connectivity index (χ1v) is 10.3. The molecule has 0 saturated carbocycles. The molecule has 0 aliphatic heterocycles. The van der Waals surface area contributed by atoms with Gasteiger partial charge in [0.1, 0.15) is 10.7 Å². The molecule has 0 saturated heterocycles. The van der Waals surface area contributed by atoms with Crippen molar-refractivity contribution in [3.05, 3.63) is 62.8 Å². The molecule has 2 rings (SSSR count). The summed E-state index contributed by atoms with van der Waals surface area (Å²) in [7, 11) is -3.98. The molecule has 134 valence electrons. The van der Waals surface area contributed by atoms with Crippen LogP contribution in [0.1, 0.15) is 5.56 Å². The summed E-state index contributed by atoms with van der Waals surface area (Å²) in [5.41, 5.74) is 1.07. The van der Waals surface area contributed by atoms with Gasteiger partial charge in [0.05, 0.1) is 6.54 Å². The van der Waals surface area contributed by atoms with Gasteiger partial charge < -0.3 is 5.32 Å². The van der Waals surface area contributed by atoms with Crippen molar-refractivity contribution in [3.8, 4) is 0 Å². The number of hydrogen-bond donors (Lipinski definition) is 2. The number of halogens is 3. The lowest BCUT2D eigenvalue weighted by atomic mass is 10.1. The zero-order valence-corrected chi connectivity index (χ0v) is 16.9. The monoisotopic (exact) mass is 492 g/mol. The predicted molar refractivity (Wildman–Crippen MR) is 100 cm³/mol. The second-order valence-electron chi connectivity index (χ2n) is 5.11. The third kappa shape index (κ3) is 5.88. The summed E-state index contributed by atoms with van der Waals surface area (Å²) >= 11 is 6.04. The van der Waals surface area contributed by atoms with E-state index >= 15 is 0 Å². The third-order valence-electron chi connectivity index (χ3n) is 3.23. The first-order chi connectivity index (χ1) is 11.8. The number of carbonyl (C=O) groups is 1. The van der Waals surface area contributed by atoms with Gasteiger partial charge in [0.25, 0.3) is 0 Å².